The molecule has 1 aromatic rings. The highest BCUT2D eigenvalue weighted by Crippen LogP contribution is 2.49. The topological polar surface area (TPSA) is 43.9 Å². The number of carbonyl (C=O) groups excluding carboxylic acids is 2. The molecule has 150 valence electrons. The van der Waals surface area contributed by atoms with Crippen molar-refractivity contribution in [2.75, 3.05) is 45.8 Å². The van der Waals surface area contributed by atoms with Crippen molar-refractivity contribution in [2.45, 2.75) is 32.1 Å². The van der Waals surface area contributed by atoms with E-state index in [1.165, 1.54) is 12.0 Å². The molecule has 2 amide bonds. The number of piperazine rings is 1. The molecule has 1 saturated carbocycles. The molecule has 0 N–H and O–H groups in total. The fourth-order valence-electron chi connectivity index (χ4n) is 4.38. The first-order valence-electron chi connectivity index (χ1n) is 10.7. The molecule has 5 nitrogen and oxygen atoms in total. The van der Waals surface area contributed by atoms with Crippen LogP contribution in [0.5, 0.6) is 0 Å². The third-order valence-corrected chi connectivity index (χ3v) is 6.35. The van der Waals surface area contributed by atoms with Gasteiger partial charge in [0.15, 0.2) is 0 Å². The number of likely N-dealkylation sites (tertiary alicyclic amines) is 1. The monoisotopic (exact) mass is 381 g/mol. The van der Waals surface area contributed by atoms with Gasteiger partial charge in [0.05, 0.1) is 0 Å². The summed E-state index contributed by atoms with van der Waals surface area (Å²) < 4.78 is 0. The molecular formula is C23H31N3O2. The molecule has 0 spiro atoms. The van der Waals surface area contributed by atoms with Gasteiger partial charge >= 0.3 is 0 Å². The predicted octanol–water partition coefficient (Wildman–Crippen LogP) is 2.64. The Kier molecular flexibility index (Phi) is 5.81. The number of hydrogen-bond donors (Lipinski definition) is 0. The summed E-state index contributed by atoms with van der Waals surface area (Å²) in [6.45, 7) is 5.76. The minimum Gasteiger partial charge on any atom is -0.342 e. The van der Waals surface area contributed by atoms with Gasteiger partial charge in [0.1, 0.15) is 5.41 Å². The van der Waals surface area contributed by atoms with Gasteiger partial charge in [-0.3, -0.25) is 14.5 Å². The summed E-state index contributed by atoms with van der Waals surface area (Å²) in [5, 5.41) is 0. The van der Waals surface area contributed by atoms with Gasteiger partial charge in [0, 0.05) is 45.8 Å². The van der Waals surface area contributed by atoms with Crippen molar-refractivity contribution in [2.24, 2.45) is 5.41 Å². The highest BCUT2D eigenvalue weighted by Gasteiger charge is 2.59. The number of amides is 2. The van der Waals surface area contributed by atoms with Crippen molar-refractivity contribution < 1.29 is 9.59 Å². The van der Waals surface area contributed by atoms with Crippen LogP contribution in [0.1, 0.15) is 37.7 Å². The van der Waals surface area contributed by atoms with Gasteiger partial charge in [-0.05, 0) is 37.7 Å². The molecule has 3 aliphatic rings. The second-order valence-electron chi connectivity index (χ2n) is 8.34. The Labute approximate surface area is 168 Å². The van der Waals surface area contributed by atoms with E-state index >= 15 is 0 Å². The van der Waals surface area contributed by atoms with Gasteiger partial charge in [-0.2, -0.15) is 0 Å². The van der Waals surface area contributed by atoms with Gasteiger partial charge in [-0.25, -0.2) is 0 Å². The van der Waals surface area contributed by atoms with Gasteiger partial charge in [0.25, 0.3) is 0 Å². The Morgan fingerprint density at radius 2 is 1.43 bits per heavy atom. The molecule has 4 rings (SSSR count). The third kappa shape index (κ3) is 4.14. The van der Waals surface area contributed by atoms with E-state index in [9.17, 15) is 9.59 Å². The summed E-state index contributed by atoms with van der Waals surface area (Å²) in [6, 6.07) is 10.3. The number of nitrogens with zero attached hydrogens (tertiary/aromatic N) is 3. The number of carbonyl (C=O) groups is 2. The van der Waals surface area contributed by atoms with Crippen LogP contribution in [-0.4, -0.2) is 72.3 Å². The first-order valence-corrected chi connectivity index (χ1v) is 10.7. The number of piperidine rings is 1. The Morgan fingerprint density at radius 1 is 0.821 bits per heavy atom. The molecule has 5 heteroatoms. The predicted molar refractivity (Wildman–Crippen MR) is 111 cm³/mol. The summed E-state index contributed by atoms with van der Waals surface area (Å²) in [5.41, 5.74) is 0.496. The van der Waals surface area contributed by atoms with Gasteiger partial charge in [-0.15, -0.1) is 0 Å². The zero-order valence-corrected chi connectivity index (χ0v) is 16.7. The summed E-state index contributed by atoms with van der Waals surface area (Å²) in [4.78, 5) is 32.3. The maximum atomic E-state index is 13.1. The van der Waals surface area contributed by atoms with E-state index in [1.54, 1.807) is 0 Å². The molecular weight excluding hydrogens is 350 g/mol. The van der Waals surface area contributed by atoms with Crippen molar-refractivity contribution in [1.82, 2.24) is 14.7 Å². The van der Waals surface area contributed by atoms with Crippen molar-refractivity contribution in [1.29, 1.82) is 0 Å². The number of benzene rings is 1. The van der Waals surface area contributed by atoms with E-state index in [0.29, 0.717) is 0 Å². The summed E-state index contributed by atoms with van der Waals surface area (Å²) in [6.07, 6.45) is 9.16. The van der Waals surface area contributed by atoms with Gasteiger partial charge in [0.2, 0.25) is 11.8 Å². The minimum absolute atomic E-state index is 0.0857. The Balaban J connectivity index is 1.27. The van der Waals surface area contributed by atoms with Crippen molar-refractivity contribution in [3.8, 4) is 0 Å². The fraction of sp³-hybridized carbons (Fsp3) is 0.565. The lowest BCUT2D eigenvalue weighted by atomic mass is 10.0. The molecule has 2 aliphatic heterocycles. The van der Waals surface area contributed by atoms with Crippen molar-refractivity contribution in [3.05, 3.63) is 42.0 Å². The molecule has 3 fully saturated rings. The maximum Gasteiger partial charge on any atom is 0.238 e. The molecule has 0 aromatic heterocycles. The fourth-order valence-corrected chi connectivity index (χ4v) is 4.38. The highest BCUT2D eigenvalue weighted by atomic mass is 16.2. The molecule has 2 heterocycles. The smallest absolute Gasteiger partial charge is 0.238 e. The van der Waals surface area contributed by atoms with E-state index in [2.05, 4.69) is 29.2 Å². The Morgan fingerprint density at radius 3 is 2.04 bits per heavy atom. The lowest BCUT2D eigenvalue weighted by Gasteiger charge is -2.37. The second-order valence-corrected chi connectivity index (χ2v) is 8.34. The lowest BCUT2D eigenvalue weighted by molar-refractivity contribution is -0.151. The van der Waals surface area contributed by atoms with Crippen LogP contribution in [-0.2, 0) is 9.59 Å². The second kappa shape index (κ2) is 8.48. The molecule has 0 bridgehead atoms. The zero-order valence-electron chi connectivity index (χ0n) is 16.7. The molecule has 28 heavy (non-hydrogen) atoms. The van der Waals surface area contributed by atoms with E-state index in [1.807, 2.05) is 28.0 Å². The van der Waals surface area contributed by atoms with Crippen LogP contribution in [0, 0.1) is 5.41 Å². The molecule has 0 unspecified atom stereocenters. The van der Waals surface area contributed by atoms with Crippen LogP contribution >= 0.6 is 0 Å². The van der Waals surface area contributed by atoms with E-state index in [4.69, 9.17) is 0 Å². The molecule has 2 saturated heterocycles. The van der Waals surface area contributed by atoms with Crippen LogP contribution in [0.4, 0.5) is 0 Å². The SMILES string of the molecule is O=C(N1CCCCC1)C1(C(=O)N2CCN(C/C=C/c3ccccc3)CC2)CC1. The standard InChI is InChI=1S/C23H31N3O2/c27-21(25-14-5-2-6-15-25)23(11-12-23)22(28)26-18-16-24(17-19-26)13-7-10-20-8-3-1-4-9-20/h1,3-4,7-10H,2,5-6,11-19H2/b10-7+. The van der Waals surface area contributed by atoms with Crippen LogP contribution in [0.3, 0.4) is 0 Å². The van der Waals surface area contributed by atoms with E-state index in [0.717, 1.165) is 71.5 Å². The molecule has 1 aromatic carbocycles. The average Bonchev–Trinajstić information content (AvgIpc) is 3.57. The lowest BCUT2D eigenvalue weighted by Crippen LogP contribution is -2.54. The first kappa shape index (κ1) is 19.2. The zero-order chi connectivity index (χ0) is 19.4. The maximum absolute atomic E-state index is 13.1. The third-order valence-electron chi connectivity index (χ3n) is 6.35. The van der Waals surface area contributed by atoms with Crippen molar-refractivity contribution >= 4 is 17.9 Å². The van der Waals surface area contributed by atoms with Crippen molar-refractivity contribution in [3.63, 3.8) is 0 Å². The Bertz CT molecular complexity index is 713. The van der Waals surface area contributed by atoms with Crippen LogP contribution in [0.25, 0.3) is 6.08 Å². The van der Waals surface area contributed by atoms with Gasteiger partial charge < -0.3 is 9.80 Å². The van der Waals surface area contributed by atoms with E-state index < -0.39 is 5.41 Å². The molecule has 0 radical (unpaired) electrons. The average molecular weight is 382 g/mol. The van der Waals surface area contributed by atoms with Gasteiger partial charge in [-0.1, -0.05) is 42.5 Å². The Hall–Kier alpha value is -2.14. The molecule has 1 aliphatic carbocycles. The van der Waals surface area contributed by atoms with Crippen LogP contribution in [0.15, 0.2) is 36.4 Å². The van der Waals surface area contributed by atoms with Crippen LogP contribution < -0.4 is 0 Å². The highest BCUT2D eigenvalue weighted by molar-refractivity contribution is 6.07. The first-order chi connectivity index (χ1) is 13.7. The number of hydrogen-bond acceptors (Lipinski definition) is 3. The summed E-state index contributed by atoms with van der Waals surface area (Å²) >= 11 is 0. The van der Waals surface area contributed by atoms with E-state index in [-0.39, 0.29) is 11.8 Å². The summed E-state index contributed by atoms with van der Waals surface area (Å²) in [7, 11) is 0. The summed E-state index contributed by atoms with van der Waals surface area (Å²) in [5.74, 6) is 0.188. The number of rotatable bonds is 5. The quantitative estimate of drug-likeness (QED) is 0.737. The normalized spacial score (nSPS) is 22.4. The minimum atomic E-state index is -0.716. The molecule has 0 atom stereocenters. The largest absolute Gasteiger partial charge is 0.342 e. The van der Waals surface area contributed by atoms with Crippen LogP contribution in [0.2, 0.25) is 0 Å².